The Hall–Kier alpha value is -1.20. The van der Waals surface area contributed by atoms with E-state index in [0.717, 1.165) is 5.56 Å². The van der Waals surface area contributed by atoms with Gasteiger partial charge in [0.2, 0.25) is 0 Å². The Balaban J connectivity index is 0.00000225. The van der Waals surface area contributed by atoms with E-state index in [0.29, 0.717) is 6.29 Å². The van der Waals surface area contributed by atoms with E-state index in [9.17, 15) is 4.79 Å². The molecule has 2 atom stereocenters. The molecule has 1 aromatic heterocycles. The van der Waals surface area contributed by atoms with Crippen molar-refractivity contribution in [1.29, 1.82) is 10.5 Å². The quantitative estimate of drug-likeness (QED) is 0.558. The Morgan fingerprint density at radius 3 is 2.69 bits per heavy atom. The number of pyridine rings is 1. The molecule has 0 saturated heterocycles. The zero-order valence-corrected chi connectivity index (χ0v) is 8.00. The SMILES string of the molecule is N#CCC(c1cccnc1)C(C#N)C=O.[NaH]. The molecule has 0 spiro atoms. The molecule has 1 rings (SSSR count). The summed E-state index contributed by atoms with van der Waals surface area (Å²) >= 11 is 0. The van der Waals surface area contributed by atoms with Crippen LogP contribution in [0.15, 0.2) is 24.5 Å². The third-order valence-electron chi connectivity index (χ3n) is 2.15. The average Bonchev–Trinajstić information content (AvgIpc) is 2.30. The van der Waals surface area contributed by atoms with Crippen molar-refractivity contribution in [1.82, 2.24) is 4.98 Å². The summed E-state index contributed by atoms with van der Waals surface area (Å²) in [5.41, 5.74) is 0.748. The Morgan fingerprint density at radius 1 is 1.50 bits per heavy atom. The predicted octanol–water partition coefficient (Wildman–Crippen LogP) is 0.769. The second-order valence-electron chi connectivity index (χ2n) is 3.05. The Kier molecular flexibility index (Phi) is 7.41. The summed E-state index contributed by atoms with van der Waals surface area (Å²) in [5.74, 6) is -1.17. The van der Waals surface area contributed by atoms with E-state index in [-0.39, 0.29) is 41.9 Å². The van der Waals surface area contributed by atoms with Gasteiger partial charge in [-0.1, -0.05) is 6.07 Å². The number of hydrogen-bond donors (Lipinski definition) is 0. The van der Waals surface area contributed by atoms with E-state index in [1.54, 1.807) is 24.5 Å². The molecule has 0 aliphatic rings. The molecule has 0 aliphatic heterocycles. The van der Waals surface area contributed by atoms with Gasteiger partial charge in [-0.25, -0.2) is 0 Å². The summed E-state index contributed by atoms with van der Waals surface area (Å²) in [4.78, 5) is 14.6. The Morgan fingerprint density at radius 2 is 2.25 bits per heavy atom. The molecular formula is C11H10N3NaO. The van der Waals surface area contributed by atoms with Gasteiger partial charge in [0.25, 0.3) is 0 Å². The summed E-state index contributed by atoms with van der Waals surface area (Å²) in [6.45, 7) is 0. The first kappa shape index (κ1) is 14.8. The first-order chi connectivity index (χ1) is 7.33. The molecule has 0 aromatic carbocycles. The summed E-state index contributed by atoms with van der Waals surface area (Å²) in [5, 5.41) is 17.4. The van der Waals surface area contributed by atoms with Crippen LogP contribution < -0.4 is 0 Å². The van der Waals surface area contributed by atoms with Crippen LogP contribution in [0.4, 0.5) is 0 Å². The Bertz CT molecular complexity index is 407. The van der Waals surface area contributed by atoms with Crippen molar-refractivity contribution in [3.63, 3.8) is 0 Å². The van der Waals surface area contributed by atoms with Crippen LogP contribution in [0.5, 0.6) is 0 Å². The van der Waals surface area contributed by atoms with Crippen LogP contribution in [-0.2, 0) is 4.79 Å². The number of aromatic nitrogens is 1. The van der Waals surface area contributed by atoms with Crippen molar-refractivity contribution in [2.75, 3.05) is 0 Å². The Labute approximate surface area is 116 Å². The fraction of sp³-hybridized carbons (Fsp3) is 0.273. The van der Waals surface area contributed by atoms with E-state index >= 15 is 0 Å². The van der Waals surface area contributed by atoms with Crippen molar-refractivity contribution >= 4 is 35.8 Å². The van der Waals surface area contributed by atoms with Gasteiger partial charge in [-0.05, 0) is 11.6 Å². The van der Waals surface area contributed by atoms with Crippen molar-refractivity contribution in [3.05, 3.63) is 30.1 Å². The van der Waals surface area contributed by atoms with Gasteiger partial charge in [0, 0.05) is 24.7 Å². The minimum atomic E-state index is -0.783. The summed E-state index contributed by atoms with van der Waals surface area (Å²) in [6, 6.07) is 7.35. The van der Waals surface area contributed by atoms with Gasteiger partial charge < -0.3 is 4.79 Å². The number of rotatable bonds is 4. The average molecular weight is 223 g/mol. The monoisotopic (exact) mass is 223 g/mol. The van der Waals surface area contributed by atoms with E-state index in [1.807, 2.05) is 12.1 Å². The molecule has 1 aromatic rings. The maximum absolute atomic E-state index is 10.7. The summed E-state index contributed by atoms with van der Waals surface area (Å²) in [7, 11) is 0. The number of carbonyl (C=O) groups is 1. The normalized spacial score (nSPS) is 12.4. The van der Waals surface area contributed by atoms with Crippen LogP contribution in [-0.4, -0.2) is 40.8 Å². The molecule has 0 saturated carbocycles. The van der Waals surface area contributed by atoms with Crippen LogP contribution in [0.1, 0.15) is 17.9 Å². The van der Waals surface area contributed by atoms with Gasteiger partial charge in [-0.15, -0.1) is 0 Å². The van der Waals surface area contributed by atoms with Gasteiger partial charge in [-0.3, -0.25) is 4.98 Å². The molecule has 0 fully saturated rings. The number of hydrogen-bond acceptors (Lipinski definition) is 4. The number of nitrogens with zero attached hydrogens (tertiary/aromatic N) is 3. The molecule has 0 aliphatic carbocycles. The standard InChI is InChI=1S/C11H9N3O.Na.H/c12-4-3-11(10(6-13)8-15)9-2-1-5-14-7-9;;/h1-2,5,7-8,10-11H,3H2;;. The third kappa shape index (κ3) is 3.75. The molecule has 76 valence electrons. The van der Waals surface area contributed by atoms with Crippen molar-refractivity contribution < 1.29 is 4.79 Å². The van der Waals surface area contributed by atoms with Gasteiger partial charge in [0.05, 0.1) is 12.1 Å². The van der Waals surface area contributed by atoms with Gasteiger partial charge in [0.1, 0.15) is 12.2 Å². The van der Waals surface area contributed by atoms with E-state index in [2.05, 4.69) is 4.98 Å². The number of carbonyl (C=O) groups excluding carboxylic acids is 1. The molecule has 1 heterocycles. The molecular weight excluding hydrogens is 213 g/mol. The predicted molar refractivity (Wildman–Crippen MR) is 59.5 cm³/mol. The minimum absolute atomic E-state index is 0. The van der Waals surface area contributed by atoms with Crippen LogP contribution in [0.3, 0.4) is 0 Å². The number of aldehydes is 1. The van der Waals surface area contributed by atoms with Gasteiger partial charge >= 0.3 is 29.6 Å². The first-order valence-electron chi connectivity index (χ1n) is 4.45. The molecule has 4 nitrogen and oxygen atoms in total. The van der Waals surface area contributed by atoms with Gasteiger partial charge in [0.15, 0.2) is 0 Å². The first-order valence-corrected chi connectivity index (χ1v) is 4.45. The molecule has 16 heavy (non-hydrogen) atoms. The second-order valence-corrected chi connectivity index (χ2v) is 3.05. The van der Waals surface area contributed by atoms with Crippen LogP contribution in [0, 0.1) is 28.6 Å². The third-order valence-corrected chi connectivity index (χ3v) is 2.15. The second kappa shape index (κ2) is 8.01. The molecule has 0 radical (unpaired) electrons. The van der Waals surface area contributed by atoms with E-state index in [4.69, 9.17) is 10.5 Å². The molecule has 0 amide bonds. The van der Waals surface area contributed by atoms with Crippen LogP contribution in [0.2, 0.25) is 0 Å². The fourth-order valence-electron chi connectivity index (χ4n) is 1.36. The molecule has 2 unspecified atom stereocenters. The molecule has 0 N–H and O–H groups in total. The zero-order valence-electron chi connectivity index (χ0n) is 8.00. The van der Waals surface area contributed by atoms with Crippen molar-refractivity contribution in [3.8, 4) is 12.1 Å². The van der Waals surface area contributed by atoms with Crippen molar-refractivity contribution in [2.24, 2.45) is 5.92 Å². The van der Waals surface area contributed by atoms with Gasteiger partial charge in [-0.2, -0.15) is 10.5 Å². The zero-order chi connectivity index (χ0) is 11.1. The van der Waals surface area contributed by atoms with E-state index in [1.165, 1.54) is 0 Å². The summed E-state index contributed by atoms with van der Waals surface area (Å²) in [6.07, 6.45) is 3.91. The number of nitriles is 2. The molecule has 0 bridgehead atoms. The summed E-state index contributed by atoms with van der Waals surface area (Å²) < 4.78 is 0. The van der Waals surface area contributed by atoms with E-state index < -0.39 is 5.92 Å². The maximum atomic E-state index is 10.7. The molecule has 5 heteroatoms. The fourth-order valence-corrected chi connectivity index (χ4v) is 1.36. The topological polar surface area (TPSA) is 77.5 Å². The van der Waals surface area contributed by atoms with Crippen LogP contribution in [0.25, 0.3) is 0 Å². The van der Waals surface area contributed by atoms with Crippen LogP contribution >= 0.6 is 0 Å². The van der Waals surface area contributed by atoms with Crippen molar-refractivity contribution in [2.45, 2.75) is 12.3 Å².